The van der Waals surface area contributed by atoms with E-state index >= 15 is 0 Å². The molecule has 2 fully saturated rings. The van der Waals surface area contributed by atoms with Crippen LogP contribution in [0.2, 0.25) is 0 Å². The molecule has 3 heterocycles. The highest BCUT2D eigenvalue weighted by Crippen LogP contribution is 2.30. The molecule has 10 nitrogen and oxygen atoms in total. The minimum atomic E-state index is -1.30. The number of aliphatic hydroxyl groups excluding tert-OH is 3. The molecule has 3 aliphatic rings. The van der Waals surface area contributed by atoms with Crippen LogP contribution in [0.5, 0.6) is 0 Å². The Hall–Kier alpha value is -1.53. The average molecular weight is 317 g/mol. The molecule has 7 N–H and O–H groups in total. The first kappa shape index (κ1) is 14.4. The zero-order valence-corrected chi connectivity index (χ0v) is 11.5. The van der Waals surface area contributed by atoms with Crippen LogP contribution in [0.3, 0.4) is 0 Å². The molecule has 6 atom stereocenters. The van der Waals surface area contributed by atoms with Crippen LogP contribution < -0.4 is 16.4 Å². The number of hydrogen-bond acceptors (Lipinski definition) is 8. The van der Waals surface area contributed by atoms with Crippen molar-refractivity contribution in [3.63, 3.8) is 0 Å². The van der Waals surface area contributed by atoms with Crippen LogP contribution in [0.15, 0.2) is 4.99 Å². The molecule has 11 heteroatoms. The predicted molar refractivity (Wildman–Crippen MR) is 72.7 cm³/mol. The molecule has 0 aromatic rings. The highest BCUT2D eigenvalue weighted by atomic mass is 32.1. The average Bonchev–Trinajstić information content (AvgIpc) is 2.89. The van der Waals surface area contributed by atoms with Gasteiger partial charge >= 0.3 is 0 Å². The largest absolute Gasteiger partial charge is 0.394 e. The first-order valence-electron chi connectivity index (χ1n) is 6.29. The third kappa shape index (κ3) is 2.13. The Balaban J connectivity index is 1.89. The monoisotopic (exact) mass is 317 g/mol. The van der Waals surface area contributed by atoms with E-state index in [0.29, 0.717) is 0 Å². The van der Waals surface area contributed by atoms with Gasteiger partial charge < -0.3 is 31.1 Å². The molecule has 0 spiro atoms. The van der Waals surface area contributed by atoms with E-state index in [4.69, 9.17) is 27.8 Å². The van der Waals surface area contributed by atoms with Gasteiger partial charge in [0.25, 0.3) is 5.91 Å². The van der Waals surface area contributed by atoms with Crippen LogP contribution in [0.4, 0.5) is 0 Å². The maximum absolute atomic E-state index is 11.8. The summed E-state index contributed by atoms with van der Waals surface area (Å²) in [6.45, 7) is -0.456. The SMILES string of the molecule is NC1=NC2C(NC(=S)N2[C@@H]2O[C@H](CO)[C@@H](O)[C@H]2O)C(=O)N1. The molecule has 3 aliphatic heterocycles. The standard InChI is InChI=1S/C10H15N5O5S/c11-9-13-6-3(7(19)14-9)12-10(21)15(6)8-5(18)4(17)2(1-16)20-8/h2-6,8,16-18H,1H2,(H,12,21)(H3,11,13,14,19)/t2-,3?,4-,5-,6?,8-/m1/s1. The molecule has 2 saturated heterocycles. The number of guanidine groups is 1. The number of nitrogens with zero attached hydrogens (tertiary/aromatic N) is 2. The molecule has 3 rings (SSSR count). The lowest BCUT2D eigenvalue weighted by atomic mass is 10.1. The normalized spacial score (nSPS) is 42.4. The number of rotatable bonds is 2. The number of carbonyl (C=O) groups is 1. The van der Waals surface area contributed by atoms with Crippen LogP contribution >= 0.6 is 12.2 Å². The second-order valence-corrected chi connectivity index (χ2v) is 5.37. The summed E-state index contributed by atoms with van der Waals surface area (Å²) in [6, 6.07) is -0.758. The van der Waals surface area contributed by atoms with Crippen LogP contribution in [0.1, 0.15) is 0 Å². The van der Waals surface area contributed by atoms with Crippen molar-refractivity contribution in [1.82, 2.24) is 15.5 Å². The van der Waals surface area contributed by atoms with Gasteiger partial charge in [-0.05, 0) is 12.2 Å². The number of carbonyl (C=O) groups excluding carboxylic acids is 1. The van der Waals surface area contributed by atoms with Crippen molar-refractivity contribution in [2.24, 2.45) is 10.7 Å². The molecule has 0 aromatic heterocycles. The summed E-state index contributed by atoms with van der Waals surface area (Å²) >= 11 is 5.14. The second kappa shape index (κ2) is 5.03. The molecule has 0 radical (unpaired) electrons. The molecule has 0 aliphatic carbocycles. The van der Waals surface area contributed by atoms with Crippen molar-refractivity contribution in [3.05, 3.63) is 0 Å². The molecule has 0 aromatic carbocycles. The minimum absolute atomic E-state index is 0.0653. The summed E-state index contributed by atoms with van der Waals surface area (Å²) in [5, 5.41) is 34.3. The van der Waals surface area contributed by atoms with E-state index in [0.717, 1.165) is 0 Å². The van der Waals surface area contributed by atoms with Crippen molar-refractivity contribution >= 4 is 29.2 Å². The highest BCUT2D eigenvalue weighted by molar-refractivity contribution is 7.80. The minimum Gasteiger partial charge on any atom is -0.394 e. The van der Waals surface area contributed by atoms with Gasteiger partial charge in [-0.15, -0.1) is 0 Å². The van der Waals surface area contributed by atoms with E-state index in [1.54, 1.807) is 0 Å². The molecular formula is C10H15N5O5S. The molecule has 0 saturated carbocycles. The maximum Gasteiger partial charge on any atom is 0.253 e. The first-order chi connectivity index (χ1) is 9.93. The number of nitrogens with two attached hydrogens (primary N) is 1. The van der Waals surface area contributed by atoms with Crippen molar-refractivity contribution < 1.29 is 24.9 Å². The summed E-state index contributed by atoms with van der Waals surface area (Å²) < 4.78 is 5.42. The fourth-order valence-corrected chi connectivity index (χ4v) is 2.99. The van der Waals surface area contributed by atoms with Crippen molar-refractivity contribution in [3.8, 4) is 0 Å². The van der Waals surface area contributed by atoms with Crippen LogP contribution in [-0.4, -0.2) is 80.6 Å². The van der Waals surface area contributed by atoms with Gasteiger partial charge in [0.1, 0.15) is 24.4 Å². The second-order valence-electron chi connectivity index (χ2n) is 4.98. The van der Waals surface area contributed by atoms with Crippen molar-refractivity contribution in [2.75, 3.05) is 6.61 Å². The number of fused-ring (bicyclic) bond motifs is 1. The smallest absolute Gasteiger partial charge is 0.253 e. The molecule has 21 heavy (non-hydrogen) atoms. The molecule has 116 valence electrons. The third-order valence-electron chi connectivity index (χ3n) is 3.69. The fourth-order valence-electron chi connectivity index (χ4n) is 2.66. The van der Waals surface area contributed by atoms with Gasteiger partial charge in [-0.25, -0.2) is 4.99 Å². The zero-order valence-electron chi connectivity index (χ0n) is 10.7. The quantitative estimate of drug-likeness (QED) is 0.278. The number of aliphatic imine (C=N–C) groups is 1. The van der Waals surface area contributed by atoms with E-state index in [1.807, 2.05) is 0 Å². The molecule has 1 amide bonds. The maximum atomic E-state index is 11.8. The summed E-state index contributed by atoms with van der Waals surface area (Å²) in [4.78, 5) is 17.3. The summed E-state index contributed by atoms with van der Waals surface area (Å²) in [5.74, 6) is -0.464. The number of aliphatic hydroxyl groups is 3. The Bertz CT molecular complexity index is 516. The van der Waals surface area contributed by atoms with Crippen LogP contribution in [-0.2, 0) is 9.53 Å². The van der Waals surface area contributed by atoms with Gasteiger partial charge in [-0.3, -0.25) is 15.0 Å². The molecular weight excluding hydrogens is 302 g/mol. The molecule has 0 bridgehead atoms. The summed E-state index contributed by atoms with van der Waals surface area (Å²) in [7, 11) is 0. The van der Waals surface area contributed by atoms with Gasteiger partial charge in [0.2, 0.25) is 0 Å². The summed E-state index contributed by atoms with van der Waals surface area (Å²) in [5.41, 5.74) is 5.53. The Labute approximate surface area is 124 Å². The highest BCUT2D eigenvalue weighted by Gasteiger charge is 2.53. The Kier molecular flexibility index (Phi) is 3.45. The fraction of sp³-hybridized carbons (Fsp3) is 0.700. The van der Waals surface area contributed by atoms with E-state index < -0.39 is 49.3 Å². The predicted octanol–water partition coefficient (Wildman–Crippen LogP) is -4.25. The lowest BCUT2D eigenvalue weighted by Gasteiger charge is -2.32. The van der Waals surface area contributed by atoms with Crippen LogP contribution in [0.25, 0.3) is 0 Å². The van der Waals surface area contributed by atoms with E-state index in [1.165, 1.54) is 4.90 Å². The van der Waals surface area contributed by atoms with Gasteiger partial charge in [-0.1, -0.05) is 0 Å². The van der Waals surface area contributed by atoms with E-state index in [2.05, 4.69) is 15.6 Å². The Morgan fingerprint density at radius 3 is 2.76 bits per heavy atom. The third-order valence-corrected chi connectivity index (χ3v) is 4.02. The Morgan fingerprint density at radius 1 is 1.43 bits per heavy atom. The van der Waals surface area contributed by atoms with Gasteiger partial charge in [0, 0.05) is 0 Å². The lowest BCUT2D eigenvalue weighted by molar-refractivity contribution is -0.124. The first-order valence-corrected chi connectivity index (χ1v) is 6.70. The number of nitrogens with one attached hydrogen (secondary N) is 2. The van der Waals surface area contributed by atoms with Crippen molar-refractivity contribution in [1.29, 1.82) is 0 Å². The van der Waals surface area contributed by atoms with Gasteiger partial charge in [0.15, 0.2) is 23.5 Å². The number of thiocarbonyl (C=S) groups is 1. The van der Waals surface area contributed by atoms with Crippen LogP contribution in [0, 0.1) is 0 Å². The Morgan fingerprint density at radius 2 is 2.14 bits per heavy atom. The molecule has 2 unspecified atom stereocenters. The lowest BCUT2D eigenvalue weighted by Crippen LogP contribution is -2.57. The topological polar surface area (TPSA) is 153 Å². The number of ether oxygens (including phenoxy) is 1. The summed E-state index contributed by atoms with van der Waals surface area (Å²) in [6.07, 6.45) is -5.32. The zero-order chi connectivity index (χ0) is 15.3. The number of hydrogen-bond donors (Lipinski definition) is 6. The van der Waals surface area contributed by atoms with Gasteiger partial charge in [-0.2, -0.15) is 0 Å². The van der Waals surface area contributed by atoms with E-state index in [-0.39, 0.29) is 11.1 Å². The van der Waals surface area contributed by atoms with Gasteiger partial charge in [0.05, 0.1) is 6.61 Å². The van der Waals surface area contributed by atoms with E-state index in [9.17, 15) is 15.0 Å². The van der Waals surface area contributed by atoms with Crippen molar-refractivity contribution in [2.45, 2.75) is 36.7 Å². The number of amides is 1.